The number of nitrogens with zero attached hydrogens (tertiary/aromatic N) is 2. The van der Waals surface area contributed by atoms with Crippen LogP contribution in [0.3, 0.4) is 0 Å². The Morgan fingerprint density at radius 3 is 2.46 bits per heavy atom. The lowest BCUT2D eigenvalue weighted by molar-refractivity contribution is 0.415. The second-order valence-corrected chi connectivity index (χ2v) is 6.47. The van der Waals surface area contributed by atoms with Crippen molar-refractivity contribution in [3.63, 3.8) is 0 Å². The van der Waals surface area contributed by atoms with E-state index in [9.17, 15) is 5.11 Å². The Bertz CT molecular complexity index is 923. The van der Waals surface area contributed by atoms with E-state index in [-0.39, 0.29) is 5.75 Å². The minimum absolute atomic E-state index is 0.228. The fourth-order valence-corrected chi connectivity index (χ4v) is 3.45. The lowest BCUT2D eigenvalue weighted by Crippen LogP contribution is -2.12. The van der Waals surface area contributed by atoms with E-state index in [1.807, 2.05) is 36.4 Å². The fraction of sp³-hybridized carbons (Fsp3) is 0.238. The second kappa shape index (κ2) is 7.04. The molecule has 26 heavy (non-hydrogen) atoms. The maximum Gasteiger partial charge on any atom is 0.156 e. The minimum atomic E-state index is 0.228. The normalized spacial score (nSPS) is 13.1. The van der Waals surface area contributed by atoms with Crippen LogP contribution in [-0.4, -0.2) is 22.4 Å². The number of phenols is 1. The SMILES string of the molecule is COc1ccc(-c2nnc(Nc3cccc(O)c3)c3c2CCCC3)cc1. The molecule has 1 heterocycles. The summed E-state index contributed by atoms with van der Waals surface area (Å²) in [5, 5.41) is 22.0. The molecule has 0 spiro atoms. The van der Waals surface area contributed by atoms with Crippen LogP contribution in [0.2, 0.25) is 0 Å². The highest BCUT2D eigenvalue weighted by molar-refractivity contribution is 5.70. The third-order valence-corrected chi connectivity index (χ3v) is 4.76. The van der Waals surface area contributed by atoms with E-state index in [0.29, 0.717) is 0 Å². The van der Waals surface area contributed by atoms with Crippen molar-refractivity contribution in [1.29, 1.82) is 0 Å². The molecule has 5 heteroatoms. The molecule has 0 fully saturated rings. The van der Waals surface area contributed by atoms with Gasteiger partial charge in [-0.1, -0.05) is 6.07 Å². The Morgan fingerprint density at radius 1 is 0.962 bits per heavy atom. The topological polar surface area (TPSA) is 67.3 Å². The number of rotatable bonds is 4. The Hall–Kier alpha value is -3.08. The van der Waals surface area contributed by atoms with Crippen molar-refractivity contribution in [3.05, 3.63) is 59.7 Å². The summed E-state index contributed by atoms with van der Waals surface area (Å²) < 4.78 is 5.25. The summed E-state index contributed by atoms with van der Waals surface area (Å²) in [5.41, 5.74) is 5.30. The maximum atomic E-state index is 9.68. The Labute approximate surface area is 152 Å². The molecule has 0 bridgehead atoms. The van der Waals surface area contributed by atoms with Gasteiger partial charge in [-0.25, -0.2) is 0 Å². The number of phenolic OH excluding ortho intramolecular Hbond substituents is 1. The van der Waals surface area contributed by atoms with Crippen LogP contribution < -0.4 is 10.1 Å². The van der Waals surface area contributed by atoms with Gasteiger partial charge in [0.1, 0.15) is 11.5 Å². The number of hydrogen-bond donors (Lipinski definition) is 2. The molecule has 0 aliphatic heterocycles. The standard InChI is InChI=1S/C21H21N3O2/c1-26-17-11-9-14(10-12-17)20-18-7-2-3-8-19(18)21(24-23-20)22-15-5-4-6-16(25)13-15/h4-6,9-13,25H,2-3,7-8H2,1H3,(H,22,24). The molecular formula is C21H21N3O2. The van der Waals surface area contributed by atoms with Gasteiger partial charge in [0, 0.05) is 22.9 Å². The van der Waals surface area contributed by atoms with Gasteiger partial charge in [0.25, 0.3) is 0 Å². The maximum absolute atomic E-state index is 9.68. The first-order chi connectivity index (χ1) is 12.7. The quantitative estimate of drug-likeness (QED) is 0.728. The van der Waals surface area contributed by atoms with E-state index in [2.05, 4.69) is 15.5 Å². The van der Waals surface area contributed by atoms with Crippen LogP contribution in [0, 0.1) is 0 Å². The van der Waals surface area contributed by atoms with Gasteiger partial charge in [-0.05, 0) is 67.6 Å². The van der Waals surface area contributed by atoms with Crippen LogP contribution in [-0.2, 0) is 12.8 Å². The first kappa shape index (κ1) is 16.4. The molecule has 5 nitrogen and oxygen atoms in total. The summed E-state index contributed by atoms with van der Waals surface area (Å²) in [4.78, 5) is 0. The average Bonchev–Trinajstić information content (AvgIpc) is 2.68. The number of aromatic hydroxyl groups is 1. The minimum Gasteiger partial charge on any atom is -0.508 e. The summed E-state index contributed by atoms with van der Waals surface area (Å²) in [6, 6.07) is 15.0. The molecule has 0 amide bonds. The predicted molar refractivity (Wildman–Crippen MR) is 102 cm³/mol. The fourth-order valence-electron chi connectivity index (χ4n) is 3.45. The zero-order chi connectivity index (χ0) is 17.9. The van der Waals surface area contributed by atoms with Gasteiger partial charge in [0.15, 0.2) is 5.82 Å². The molecule has 1 aliphatic rings. The Morgan fingerprint density at radius 2 is 1.73 bits per heavy atom. The molecule has 0 atom stereocenters. The van der Waals surface area contributed by atoms with E-state index >= 15 is 0 Å². The number of nitrogens with one attached hydrogen (secondary N) is 1. The average molecular weight is 347 g/mol. The third-order valence-electron chi connectivity index (χ3n) is 4.76. The smallest absolute Gasteiger partial charge is 0.156 e. The molecule has 0 unspecified atom stereocenters. The van der Waals surface area contributed by atoms with Gasteiger partial charge in [0.05, 0.1) is 12.8 Å². The molecule has 0 saturated heterocycles. The first-order valence-electron chi connectivity index (χ1n) is 8.83. The van der Waals surface area contributed by atoms with Crippen molar-refractivity contribution < 1.29 is 9.84 Å². The van der Waals surface area contributed by atoms with Crippen molar-refractivity contribution in [2.45, 2.75) is 25.7 Å². The van der Waals surface area contributed by atoms with Gasteiger partial charge in [-0.15, -0.1) is 10.2 Å². The molecule has 132 valence electrons. The zero-order valence-electron chi connectivity index (χ0n) is 14.7. The highest BCUT2D eigenvalue weighted by Gasteiger charge is 2.20. The summed E-state index contributed by atoms with van der Waals surface area (Å²) in [6.07, 6.45) is 4.29. The molecular weight excluding hydrogens is 326 g/mol. The zero-order valence-corrected chi connectivity index (χ0v) is 14.7. The van der Waals surface area contributed by atoms with E-state index < -0.39 is 0 Å². The van der Waals surface area contributed by atoms with Crippen LogP contribution in [0.5, 0.6) is 11.5 Å². The van der Waals surface area contributed by atoms with Crippen LogP contribution in [0.15, 0.2) is 48.5 Å². The van der Waals surface area contributed by atoms with Crippen molar-refractivity contribution in [1.82, 2.24) is 10.2 Å². The molecule has 0 saturated carbocycles. The number of benzene rings is 2. The van der Waals surface area contributed by atoms with Gasteiger partial charge in [-0.3, -0.25) is 0 Å². The van der Waals surface area contributed by atoms with Crippen LogP contribution in [0.25, 0.3) is 11.3 Å². The predicted octanol–water partition coefficient (Wildman–Crippen LogP) is 4.48. The van der Waals surface area contributed by atoms with Gasteiger partial charge in [0.2, 0.25) is 0 Å². The van der Waals surface area contributed by atoms with Crippen molar-refractivity contribution in [2.24, 2.45) is 0 Å². The van der Waals surface area contributed by atoms with E-state index in [4.69, 9.17) is 4.74 Å². The lowest BCUT2D eigenvalue weighted by atomic mass is 9.89. The third kappa shape index (κ3) is 3.20. The van der Waals surface area contributed by atoms with Crippen molar-refractivity contribution >= 4 is 11.5 Å². The Balaban J connectivity index is 1.73. The monoisotopic (exact) mass is 347 g/mol. The molecule has 2 aromatic carbocycles. The van der Waals surface area contributed by atoms with Crippen LogP contribution in [0.4, 0.5) is 11.5 Å². The number of aromatic nitrogens is 2. The molecule has 3 aromatic rings. The molecule has 0 radical (unpaired) electrons. The highest BCUT2D eigenvalue weighted by atomic mass is 16.5. The molecule has 2 N–H and O–H groups in total. The molecule has 1 aromatic heterocycles. The van der Waals surface area contributed by atoms with Crippen LogP contribution >= 0.6 is 0 Å². The first-order valence-corrected chi connectivity index (χ1v) is 8.83. The number of hydrogen-bond acceptors (Lipinski definition) is 5. The molecule has 4 rings (SSSR count). The van der Waals surface area contributed by atoms with Crippen LogP contribution in [0.1, 0.15) is 24.0 Å². The van der Waals surface area contributed by atoms with Crippen molar-refractivity contribution in [3.8, 4) is 22.8 Å². The highest BCUT2D eigenvalue weighted by Crippen LogP contribution is 2.34. The van der Waals surface area contributed by atoms with Gasteiger partial charge in [-0.2, -0.15) is 0 Å². The lowest BCUT2D eigenvalue weighted by Gasteiger charge is -2.21. The summed E-state index contributed by atoms with van der Waals surface area (Å²) in [6.45, 7) is 0. The van der Waals surface area contributed by atoms with E-state index in [1.165, 1.54) is 11.1 Å². The summed E-state index contributed by atoms with van der Waals surface area (Å²) in [7, 11) is 1.67. The van der Waals surface area contributed by atoms with Crippen molar-refractivity contribution in [2.75, 3.05) is 12.4 Å². The Kier molecular flexibility index (Phi) is 4.44. The number of ether oxygens (including phenoxy) is 1. The largest absolute Gasteiger partial charge is 0.508 e. The van der Waals surface area contributed by atoms with Gasteiger partial charge < -0.3 is 15.2 Å². The number of anilines is 2. The number of fused-ring (bicyclic) bond motifs is 1. The molecule has 1 aliphatic carbocycles. The van der Waals surface area contributed by atoms with E-state index in [1.54, 1.807) is 19.2 Å². The number of methoxy groups -OCH3 is 1. The second-order valence-electron chi connectivity index (χ2n) is 6.47. The summed E-state index contributed by atoms with van der Waals surface area (Å²) in [5.74, 6) is 1.84. The van der Waals surface area contributed by atoms with Gasteiger partial charge >= 0.3 is 0 Å². The summed E-state index contributed by atoms with van der Waals surface area (Å²) >= 11 is 0. The van der Waals surface area contributed by atoms with E-state index in [0.717, 1.165) is 54.2 Å².